The van der Waals surface area contributed by atoms with Crippen molar-refractivity contribution in [3.8, 4) is 0 Å². The molecule has 6 nitrogen and oxygen atoms in total. The van der Waals surface area contributed by atoms with Crippen molar-refractivity contribution in [1.29, 1.82) is 0 Å². The van der Waals surface area contributed by atoms with E-state index in [1.807, 2.05) is 32.9 Å². The third-order valence-electron chi connectivity index (χ3n) is 6.73. The van der Waals surface area contributed by atoms with Crippen LogP contribution in [0, 0.1) is 10.8 Å². The van der Waals surface area contributed by atoms with E-state index in [2.05, 4.69) is 33.0 Å². The number of Topliss-reactive ketones (excluding diaryl/α,β-unsaturated/α-hetero) is 1. The Labute approximate surface area is 209 Å². The molecule has 0 aromatic heterocycles. The van der Waals surface area contributed by atoms with Crippen molar-refractivity contribution in [2.75, 3.05) is 19.6 Å². The Bertz CT molecular complexity index is 905. The highest BCUT2D eigenvalue weighted by Gasteiger charge is 2.54. The van der Waals surface area contributed by atoms with Gasteiger partial charge in [-0.05, 0) is 68.6 Å². The summed E-state index contributed by atoms with van der Waals surface area (Å²) in [5.41, 5.74) is -1.56. The zero-order chi connectivity index (χ0) is 25.5. The fraction of sp³-hybridized carbons (Fsp3) is 0.704. The Kier molecular flexibility index (Phi) is 7.48. The average molecular weight is 493 g/mol. The van der Waals surface area contributed by atoms with Crippen molar-refractivity contribution in [3.63, 3.8) is 0 Å². The van der Waals surface area contributed by atoms with E-state index in [-0.39, 0.29) is 16.6 Å². The van der Waals surface area contributed by atoms with Gasteiger partial charge in [-0.15, -0.1) is 0 Å². The summed E-state index contributed by atoms with van der Waals surface area (Å²) in [7, 11) is 0. The average Bonchev–Trinajstić information content (AvgIpc) is 2.63. The molecule has 1 aromatic rings. The number of ketones is 1. The molecule has 1 aliphatic carbocycles. The van der Waals surface area contributed by atoms with E-state index in [1.54, 1.807) is 12.1 Å². The second kappa shape index (κ2) is 9.44. The van der Waals surface area contributed by atoms with Crippen LogP contribution in [0.3, 0.4) is 0 Å². The number of rotatable bonds is 4. The van der Waals surface area contributed by atoms with Crippen LogP contribution >= 0.6 is 11.6 Å². The number of carbonyl (C=O) groups excluding carboxylic acids is 2. The Hall–Kier alpha value is -1.63. The number of hydrogen-bond donors (Lipinski definition) is 2. The van der Waals surface area contributed by atoms with E-state index >= 15 is 0 Å². The van der Waals surface area contributed by atoms with Gasteiger partial charge in [-0.25, -0.2) is 4.79 Å². The Morgan fingerprint density at radius 2 is 1.76 bits per heavy atom. The summed E-state index contributed by atoms with van der Waals surface area (Å²) in [6.07, 6.45) is 1.42. The molecular formula is C27H41ClN2O4. The summed E-state index contributed by atoms with van der Waals surface area (Å²) in [6.45, 7) is 15.3. The number of ether oxygens (including phenoxy) is 1. The van der Waals surface area contributed by atoms with Crippen molar-refractivity contribution >= 4 is 23.5 Å². The maximum atomic E-state index is 14.3. The van der Waals surface area contributed by atoms with Gasteiger partial charge in [0.1, 0.15) is 11.6 Å². The predicted octanol–water partition coefficient (Wildman–Crippen LogP) is 5.17. The lowest BCUT2D eigenvalue weighted by Crippen LogP contribution is -2.61. The van der Waals surface area contributed by atoms with E-state index in [9.17, 15) is 14.7 Å². The zero-order valence-corrected chi connectivity index (χ0v) is 22.5. The van der Waals surface area contributed by atoms with E-state index in [0.29, 0.717) is 43.1 Å². The van der Waals surface area contributed by atoms with Crippen LogP contribution < -0.4 is 5.32 Å². The van der Waals surface area contributed by atoms with Crippen molar-refractivity contribution in [1.82, 2.24) is 10.2 Å². The molecule has 2 fully saturated rings. The van der Waals surface area contributed by atoms with Gasteiger partial charge >= 0.3 is 6.09 Å². The number of aliphatic hydroxyl groups is 1. The number of halogens is 1. The molecule has 34 heavy (non-hydrogen) atoms. The molecule has 1 aliphatic heterocycles. The molecule has 1 saturated heterocycles. The van der Waals surface area contributed by atoms with Gasteiger partial charge < -0.3 is 15.2 Å². The lowest BCUT2D eigenvalue weighted by atomic mass is 9.55. The molecule has 3 rings (SSSR count). The Morgan fingerprint density at radius 1 is 1.15 bits per heavy atom. The molecule has 1 heterocycles. The van der Waals surface area contributed by atoms with E-state index in [4.69, 9.17) is 16.3 Å². The number of carbonyl (C=O) groups is 2. The fourth-order valence-corrected chi connectivity index (χ4v) is 6.66. The number of hydrogen-bond acceptors (Lipinski definition) is 5. The predicted molar refractivity (Wildman–Crippen MR) is 135 cm³/mol. The zero-order valence-electron chi connectivity index (χ0n) is 21.7. The molecule has 2 atom stereocenters. The van der Waals surface area contributed by atoms with Crippen molar-refractivity contribution < 1.29 is 19.4 Å². The highest BCUT2D eigenvalue weighted by atomic mass is 35.5. The number of nitrogens with zero attached hydrogens (tertiary/aromatic N) is 1. The van der Waals surface area contributed by atoms with Gasteiger partial charge in [-0.2, -0.15) is 0 Å². The molecule has 1 saturated carbocycles. The summed E-state index contributed by atoms with van der Waals surface area (Å²) < 4.78 is 5.62. The highest BCUT2D eigenvalue weighted by Crippen LogP contribution is 2.55. The molecule has 0 spiro atoms. The van der Waals surface area contributed by atoms with Gasteiger partial charge in [0.05, 0.1) is 11.5 Å². The van der Waals surface area contributed by atoms with Crippen LogP contribution in [0.1, 0.15) is 79.2 Å². The van der Waals surface area contributed by atoms with Crippen LogP contribution in [-0.2, 0) is 9.53 Å². The maximum absolute atomic E-state index is 14.3. The first-order valence-corrected chi connectivity index (χ1v) is 12.6. The summed E-state index contributed by atoms with van der Waals surface area (Å²) >= 11 is 6.34. The van der Waals surface area contributed by atoms with E-state index < -0.39 is 29.3 Å². The SMILES string of the molecule is CC1(C)CC(C)(C)CC(O)(C(C(=O)C2CNCCN2C(=O)OC(C)(C)C)c2cccc(Cl)c2)C1. The number of piperazine rings is 1. The van der Waals surface area contributed by atoms with E-state index in [0.717, 1.165) is 6.42 Å². The lowest BCUT2D eigenvalue weighted by Gasteiger charge is -2.53. The Balaban J connectivity index is 2.06. The second-order valence-electron chi connectivity index (χ2n) is 12.7. The smallest absolute Gasteiger partial charge is 0.410 e. The van der Waals surface area contributed by atoms with Crippen molar-refractivity contribution in [2.24, 2.45) is 10.8 Å². The van der Waals surface area contributed by atoms with E-state index in [1.165, 1.54) is 4.90 Å². The van der Waals surface area contributed by atoms with Crippen LogP contribution in [0.15, 0.2) is 24.3 Å². The Morgan fingerprint density at radius 3 is 2.32 bits per heavy atom. The number of benzene rings is 1. The molecule has 7 heteroatoms. The molecule has 190 valence electrons. The monoisotopic (exact) mass is 492 g/mol. The fourth-order valence-electron chi connectivity index (χ4n) is 6.46. The first-order valence-electron chi connectivity index (χ1n) is 12.2. The van der Waals surface area contributed by atoms with Gasteiger partial charge in [-0.3, -0.25) is 9.69 Å². The van der Waals surface area contributed by atoms with Crippen LogP contribution in [0.5, 0.6) is 0 Å². The molecule has 2 N–H and O–H groups in total. The van der Waals surface area contributed by atoms with Gasteiger partial charge in [0.25, 0.3) is 0 Å². The largest absolute Gasteiger partial charge is 0.444 e. The highest BCUT2D eigenvalue weighted by molar-refractivity contribution is 6.30. The summed E-state index contributed by atoms with van der Waals surface area (Å²) in [5.74, 6) is -1.00. The number of amides is 1. The topological polar surface area (TPSA) is 78.9 Å². The van der Waals surface area contributed by atoms with Gasteiger partial charge in [-0.1, -0.05) is 51.4 Å². The molecular weight excluding hydrogens is 452 g/mol. The molecule has 1 aromatic carbocycles. The molecule has 2 aliphatic rings. The summed E-state index contributed by atoms with van der Waals surface area (Å²) in [6, 6.07) is 6.45. The van der Waals surface area contributed by atoms with Crippen molar-refractivity contribution in [3.05, 3.63) is 34.9 Å². The molecule has 1 amide bonds. The first kappa shape index (κ1) is 27.0. The van der Waals surface area contributed by atoms with Gasteiger partial charge in [0.15, 0.2) is 5.78 Å². The normalized spacial score (nSPS) is 24.9. The van der Waals surface area contributed by atoms with Gasteiger partial charge in [0, 0.05) is 24.7 Å². The van der Waals surface area contributed by atoms with Crippen LogP contribution in [0.2, 0.25) is 5.02 Å². The first-order chi connectivity index (χ1) is 15.5. The minimum Gasteiger partial charge on any atom is -0.444 e. The van der Waals surface area contributed by atoms with Crippen LogP contribution in [-0.4, -0.2) is 58.8 Å². The standard InChI is InChI=1S/C27H41ClN2O4/c1-24(2,3)34-23(32)30-12-11-29-14-20(30)22(31)21(18-9-8-10-19(28)13-18)27(33)16-25(4,5)15-26(6,7)17-27/h8-10,13,20-21,29,33H,11-12,14-17H2,1-7H3. The molecule has 2 unspecified atom stereocenters. The number of nitrogens with one attached hydrogen (secondary N) is 1. The summed E-state index contributed by atoms with van der Waals surface area (Å²) in [5, 5.41) is 16.0. The third-order valence-corrected chi connectivity index (χ3v) is 6.97. The maximum Gasteiger partial charge on any atom is 0.410 e. The molecule has 0 radical (unpaired) electrons. The van der Waals surface area contributed by atoms with Crippen LogP contribution in [0.4, 0.5) is 4.79 Å². The minimum absolute atomic E-state index is 0.150. The van der Waals surface area contributed by atoms with Gasteiger partial charge in [0.2, 0.25) is 0 Å². The summed E-state index contributed by atoms with van der Waals surface area (Å²) in [4.78, 5) is 28.9. The minimum atomic E-state index is -1.27. The van der Waals surface area contributed by atoms with Crippen LogP contribution in [0.25, 0.3) is 0 Å². The molecule has 0 bridgehead atoms. The quantitative estimate of drug-likeness (QED) is 0.606. The lowest BCUT2D eigenvalue weighted by molar-refractivity contribution is -0.144. The van der Waals surface area contributed by atoms with Crippen molar-refractivity contribution in [2.45, 2.75) is 90.9 Å². The second-order valence-corrected chi connectivity index (χ2v) is 13.2. The third kappa shape index (κ3) is 6.32.